The molecule has 2 heterocycles. The molecule has 0 radical (unpaired) electrons. The van der Waals surface area contributed by atoms with Crippen molar-refractivity contribution in [3.63, 3.8) is 0 Å². The molecule has 150 valence electrons. The van der Waals surface area contributed by atoms with Gasteiger partial charge in [-0.3, -0.25) is 9.59 Å². The van der Waals surface area contributed by atoms with Gasteiger partial charge in [0.25, 0.3) is 0 Å². The van der Waals surface area contributed by atoms with Crippen molar-refractivity contribution in [2.24, 2.45) is 0 Å². The standard InChI is InChI=1S/C18H22N4O5S/c1-11-13-7-6-12(28(3,25)26)9-14(13)21-18(20-11)22-8-4-5-15(22)17(24)19-10-16(23)27-2/h6-7,9,15H,4-5,8,10H2,1-3H3,(H,19,24). The topological polar surface area (TPSA) is 119 Å². The second-order valence-electron chi connectivity index (χ2n) is 6.71. The summed E-state index contributed by atoms with van der Waals surface area (Å²) in [5, 5.41) is 3.32. The minimum atomic E-state index is -3.36. The summed E-state index contributed by atoms with van der Waals surface area (Å²) in [6.07, 6.45) is 2.53. The van der Waals surface area contributed by atoms with Gasteiger partial charge in [0.15, 0.2) is 9.84 Å². The SMILES string of the molecule is COC(=O)CNC(=O)C1CCCN1c1nc(C)c2ccc(S(C)(=O)=O)cc2n1. The van der Waals surface area contributed by atoms with Crippen LogP contribution in [0, 0.1) is 6.92 Å². The molecule has 1 aromatic carbocycles. The van der Waals surface area contributed by atoms with Crippen molar-refractivity contribution in [2.75, 3.05) is 31.4 Å². The Labute approximate surface area is 163 Å². The smallest absolute Gasteiger partial charge is 0.325 e. The van der Waals surface area contributed by atoms with E-state index >= 15 is 0 Å². The van der Waals surface area contributed by atoms with E-state index < -0.39 is 21.8 Å². The quantitative estimate of drug-likeness (QED) is 0.717. The minimum Gasteiger partial charge on any atom is -0.468 e. The number of carbonyl (C=O) groups excluding carboxylic acids is 2. The zero-order chi connectivity index (χ0) is 20.5. The van der Waals surface area contributed by atoms with Gasteiger partial charge in [0.05, 0.1) is 23.2 Å². The lowest BCUT2D eigenvalue weighted by molar-refractivity contribution is -0.141. The number of sulfone groups is 1. The van der Waals surface area contributed by atoms with E-state index in [4.69, 9.17) is 0 Å². The number of benzene rings is 1. The number of nitrogens with zero attached hydrogens (tertiary/aromatic N) is 3. The molecule has 28 heavy (non-hydrogen) atoms. The molecule has 1 saturated heterocycles. The summed E-state index contributed by atoms with van der Waals surface area (Å²) < 4.78 is 28.2. The Hall–Kier alpha value is -2.75. The molecule has 1 unspecified atom stereocenters. The van der Waals surface area contributed by atoms with Crippen LogP contribution in [0.15, 0.2) is 23.1 Å². The predicted octanol–water partition coefficient (Wildman–Crippen LogP) is 0.600. The van der Waals surface area contributed by atoms with E-state index in [-0.39, 0.29) is 17.3 Å². The van der Waals surface area contributed by atoms with Gasteiger partial charge in [0.2, 0.25) is 11.9 Å². The van der Waals surface area contributed by atoms with Gasteiger partial charge in [0.1, 0.15) is 12.6 Å². The molecule has 1 aliphatic heterocycles. The average molecular weight is 406 g/mol. The minimum absolute atomic E-state index is 0.179. The summed E-state index contributed by atoms with van der Waals surface area (Å²) >= 11 is 0. The van der Waals surface area contributed by atoms with Crippen molar-refractivity contribution < 1.29 is 22.7 Å². The van der Waals surface area contributed by atoms with E-state index in [2.05, 4.69) is 20.0 Å². The molecule has 2 aromatic rings. The zero-order valence-electron chi connectivity index (χ0n) is 15.9. The van der Waals surface area contributed by atoms with Crippen molar-refractivity contribution in [2.45, 2.75) is 30.7 Å². The molecule has 1 aliphatic rings. The average Bonchev–Trinajstić information content (AvgIpc) is 3.14. The molecule has 0 aliphatic carbocycles. The van der Waals surface area contributed by atoms with Crippen LogP contribution in [0.5, 0.6) is 0 Å². The number of amides is 1. The molecule has 1 atom stereocenters. The number of nitrogens with one attached hydrogen (secondary N) is 1. The van der Waals surface area contributed by atoms with Crippen LogP contribution >= 0.6 is 0 Å². The van der Waals surface area contributed by atoms with Crippen LogP contribution in [-0.4, -0.2) is 62.8 Å². The fourth-order valence-electron chi connectivity index (χ4n) is 3.24. The Morgan fingerprint density at radius 3 is 2.75 bits per heavy atom. The monoisotopic (exact) mass is 406 g/mol. The summed E-state index contributed by atoms with van der Waals surface area (Å²) in [5.74, 6) is -0.454. The van der Waals surface area contributed by atoms with Crippen molar-refractivity contribution in [3.8, 4) is 0 Å². The van der Waals surface area contributed by atoms with Gasteiger partial charge >= 0.3 is 5.97 Å². The lowest BCUT2D eigenvalue weighted by Gasteiger charge is -2.24. The second-order valence-corrected chi connectivity index (χ2v) is 8.72. The first-order valence-corrected chi connectivity index (χ1v) is 10.7. The Bertz CT molecular complexity index is 1040. The number of methoxy groups -OCH3 is 1. The van der Waals surface area contributed by atoms with Crippen LogP contribution in [0.3, 0.4) is 0 Å². The molecule has 0 spiro atoms. The van der Waals surface area contributed by atoms with Crippen molar-refractivity contribution >= 4 is 38.6 Å². The van der Waals surface area contributed by atoms with E-state index in [1.165, 1.54) is 19.2 Å². The van der Waals surface area contributed by atoms with Gasteiger partial charge < -0.3 is 15.0 Å². The van der Waals surface area contributed by atoms with Gasteiger partial charge in [-0.1, -0.05) is 0 Å². The first-order valence-electron chi connectivity index (χ1n) is 8.80. The summed E-state index contributed by atoms with van der Waals surface area (Å²) in [7, 11) is -2.11. The molecule has 1 fully saturated rings. The molecular formula is C18H22N4O5S. The molecule has 1 aromatic heterocycles. The summed E-state index contributed by atoms with van der Waals surface area (Å²) in [4.78, 5) is 34.7. The summed E-state index contributed by atoms with van der Waals surface area (Å²) in [6.45, 7) is 2.21. The first kappa shape index (κ1) is 20.0. The van der Waals surface area contributed by atoms with E-state index in [1.807, 2.05) is 6.92 Å². The summed E-state index contributed by atoms with van der Waals surface area (Å²) in [5.41, 5.74) is 1.20. The van der Waals surface area contributed by atoms with Gasteiger partial charge in [-0.05, 0) is 38.0 Å². The van der Waals surface area contributed by atoms with E-state index in [9.17, 15) is 18.0 Å². The number of anilines is 1. The molecule has 10 heteroatoms. The first-order chi connectivity index (χ1) is 13.2. The van der Waals surface area contributed by atoms with Crippen LogP contribution in [0.4, 0.5) is 5.95 Å². The fraction of sp³-hybridized carbons (Fsp3) is 0.444. The largest absolute Gasteiger partial charge is 0.468 e. The maximum absolute atomic E-state index is 12.5. The highest BCUT2D eigenvalue weighted by Gasteiger charge is 2.33. The third kappa shape index (κ3) is 4.06. The lowest BCUT2D eigenvalue weighted by atomic mass is 10.2. The number of hydrogen-bond donors (Lipinski definition) is 1. The maximum Gasteiger partial charge on any atom is 0.325 e. The molecule has 0 saturated carbocycles. The Morgan fingerprint density at radius 1 is 1.32 bits per heavy atom. The molecular weight excluding hydrogens is 384 g/mol. The Balaban J connectivity index is 1.93. The number of aromatic nitrogens is 2. The van der Waals surface area contributed by atoms with Gasteiger partial charge in [-0.15, -0.1) is 0 Å². The predicted molar refractivity (Wildman–Crippen MR) is 103 cm³/mol. The van der Waals surface area contributed by atoms with Crippen LogP contribution in [0.1, 0.15) is 18.5 Å². The van der Waals surface area contributed by atoms with Crippen molar-refractivity contribution in [3.05, 3.63) is 23.9 Å². The number of esters is 1. The Kier molecular flexibility index (Phi) is 5.50. The fourth-order valence-corrected chi connectivity index (χ4v) is 3.88. The number of aryl methyl sites for hydroxylation is 1. The number of rotatable bonds is 5. The molecule has 1 N–H and O–H groups in total. The third-order valence-electron chi connectivity index (χ3n) is 4.72. The normalized spacial score (nSPS) is 17.0. The molecule has 9 nitrogen and oxygen atoms in total. The van der Waals surface area contributed by atoms with E-state index in [0.717, 1.165) is 18.1 Å². The number of carbonyl (C=O) groups is 2. The highest BCUT2D eigenvalue weighted by molar-refractivity contribution is 7.90. The third-order valence-corrected chi connectivity index (χ3v) is 5.83. The lowest BCUT2D eigenvalue weighted by Crippen LogP contribution is -2.45. The van der Waals surface area contributed by atoms with E-state index in [1.54, 1.807) is 11.0 Å². The number of hydrogen-bond acceptors (Lipinski definition) is 8. The van der Waals surface area contributed by atoms with Gasteiger partial charge in [-0.25, -0.2) is 18.4 Å². The highest BCUT2D eigenvalue weighted by atomic mass is 32.2. The number of fused-ring (bicyclic) bond motifs is 1. The van der Waals surface area contributed by atoms with Crippen LogP contribution in [-0.2, 0) is 24.2 Å². The Morgan fingerprint density at radius 2 is 2.07 bits per heavy atom. The maximum atomic E-state index is 12.5. The van der Waals surface area contributed by atoms with Gasteiger partial charge in [-0.2, -0.15) is 0 Å². The van der Waals surface area contributed by atoms with Crippen molar-refractivity contribution in [1.29, 1.82) is 0 Å². The van der Waals surface area contributed by atoms with E-state index in [0.29, 0.717) is 30.1 Å². The van der Waals surface area contributed by atoms with Crippen LogP contribution in [0.25, 0.3) is 10.9 Å². The van der Waals surface area contributed by atoms with Crippen molar-refractivity contribution in [1.82, 2.24) is 15.3 Å². The molecule has 3 rings (SSSR count). The molecule has 1 amide bonds. The molecule has 0 bridgehead atoms. The van der Waals surface area contributed by atoms with Gasteiger partial charge in [0, 0.05) is 18.2 Å². The van der Waals surface area contributed by atoms with Crippen LogP contribution in [0.2, 0.25) is 0 Å². The summed E-state index contributed by atoms with van der Waals surface area (Å²) in [6, 6.07) is 4.24. The number of ether oxygens (including phenoxy) is 1. The zero-order valence-corrected chi connectivity index (χ0v) is 16.7. The highest BCUT2D eigenvalue weighted by Crippen LogP contribution is 2.27. The second kappa shape index (κ2) is 7.70. The van der Waals surface area contributed by atoms with Crippen LogP contribution < -0.4 is 10.2 Å².